The van der Waals surface area contributed by atoms with E-state index in [1.54, 1.807) is 7.11 Å². The zero-order chi connectivity index (χ0) is 14.4. The molecular formula is C15H24N2O2. The van der Waals surface area contributed by atoms with Crippen LogP contribution in [0.2, 0.25) is 0 Å². The van der Waals surface area contributed by atoms with Gasteiger partial charge in [0.2, 0.25) is 5.91 Å². The van der Waals surface area contributed by atoms with Crippen molar-refractivity contribution in [1.29, 1.82) is 0 Å². The molecule has 0 saturated carbocycles. The highest BCUT2D eigenvalue weighted by molar-refractivity contribution is 5.76. The van der Waals surface area contributed by atoms with E-state index in [4.69, 9.17) is 10.5 Å². The maximum atomic E-state index is 11.6. The number of benzene rings is 1. The molecule has 0 fully saturated rings. The molecule has 0 radical (unpaired) electrons. The predicted molar refractivity (Wildman–Crippen MR) is 77.2 cm³/mol. The summed E-state index contributed by atoms with van der Waals surface area (Å²) in [5.41, 5.74) is 7.81. The fourth-order valence-corrected chi connectivity index (χ4v) is 1.91. The summed E-state index contributed by atoms with van der Waals surface area (Å²) in [7, 11) is 1.67. The second kappa shape index (κ2) is 7.14. The van der Waals surface area contributed by atoms with Gasteiger partial charge in [-0.05, 0) is 30.0 Å². The lowest BCUT2D eigenvalue weighted by Crippen LogP contribution is -2.29. The predicted octanol–water partition coefficient (Wildman–Crippen LogP) is 2.17. The van der Waals surface area contributed by atoms with Gasteiger partial charge in [0, 0.05) is 19.0 Å². The van der Waals surface area contributed by atoms with Gasteiger partial charge >= 0.3 is 0 Å². The van der Waals surface area contributed by atoms with E-state index in [0.717, 1.165) is 16.9 Å². The number of ether oxygens (including phenoxy) is 1. The molecular weight excluding hydrogens is 240 g/mol. The highest BCUT2D eigenvalue weighted by Gasteiger charge is 2.09. The average Bonchev–Trinajstić information content (AvgIpc) is 2.35. The van der Waals surface area contributed by atoms with Gasteiger partial charge in [-0.15, -0.1) is 0 Å². The maximum absolute atomic E-state index is 11.6. The molecule has 1 aromatic rings. The number of methoxy groups -OCH3 is 1. The van der Waals surface area contributed by atoms with Crippen LogP contribution in [0.3, 0.4) is 0 Å². The largest absolute Gasteiger partial charge is 0.496 e. The van der Waals surface area contributed by atoms with Crippen LogP contribution >= 0.6 is 0 Å². The lowest BCUT2D eigenvalue weighted by atomic mass is 9.99. The quantitative estimate of drug-likeness (QED) is 0.827. The van der Waals surface area contributed by atoms with Gasteiger partial charge in [-0.3, -0.25) is 4.79 Å². The van der Waals surface area contributed by atoms with Gasteiger partial charge in [-0.25, -0.2) is 0 Å². The van der Waals surface area contributed by atoms with Gasteiger partial charge in [-0.1, -0.05) is 26.0 Å². The molecule has 1 rings (SSSR count). The minimum Gasteiger partial charge on any atom is -0.496 e. The SMILES string of the molecule is COc1ccc(CNC(=O)CC(C)N)cc1C(C)C. The monoisotopic (exact) mass is 264 g/mol. The first-order valence-corrected chi connectivity index (χ1v) is 6.63. The summed E-state index contributed by atoms with van der Waals surface area (Å²) in [4.78, 5) is 11.6. The fraction of sp³-hybridized carbons (Fsp3) is 0.533. The van der Waals surface area contributed by atoms with Crippen molar-refractivity contribution in [2.75, 3.05) is 7.11 Å². The normalized spacial score (nSPS) is 12.3. The van der Waals surface area contributed by atoms with E-state index in [1.807, 2.05) is 19.1 Å². The molecule has 1 aromatic carbocycles. The van der Waals surface area contributed by atoms with E-state index in [-0.39, 0.29) is 11.9 Å². The van der Waals surface area contributed by atoms with Crippen LogP contribution in [0.4, 0.5) is 0 Å². The number of amides is 1. The molecule has 0 aliphatic carbocycles. The molecule has 106 valence electrons. The Kier molecular flexibility index (Phi) is 5.83. The Balaban J connectivity index is 2.69. The van der Waals surface area contributed by atoms with Crippen molar-refractivity contribution in [2.45, 2.75) is 45.7 Å². The number of carbonyl (C=O) groups is 1. The van der Waals surface area contributed by atoms with Crippen LogP contribution in [-0.4, -0.2) is 19.1 Å². The van der Waals surface area contributed by atoms with Crippen molar-refractivity contribution in [3.63, 3.8) is 0 Å². The molecule has 0 saturated heterocycles. The average molecular weight is 264 g/mol. The van der Waals surface area contributed by atoms with Crippen molar-refractivity contribution in [2.24, 2.45) is 5.73 Å². The first kappa shape index (κ1) is 15.5. The van der Waals surface area contributed by atoms with E-state index in [1.165, 1.54) is 0 Å². The summed E-state index contributed by atoms with van der Waals surface area (Å²) in [6, 6.07) is 5.89. The Morgan fingerprint density at radius 2 is 2.05 bits per heavy atom. The summed E-state index contributed by atoms with van der Waals surface area (Å²) in [5, 5.41) is 2.87. The van der Waals surface area contributed by atoms with E-state index >= 15 is 0 Å². The number of hydrogen-bond donors (Lipinski definition) is 2. The molecule has 0 bridgehead atoms. The van der Waals surface area contributed by atoms with Crippen molar-refractivity contribution in [3.8, 4) is 5.75 Å². The number of nitrogens with two attached hydrogens (primary N) is 1. The maximum Gasteiger partial charge on any atom is 0.221 e. The molecule has 19 heavy (non-hydrogen) atoms. The second-order valence-electron chi connectivity index (χ2n) is 5.19. The minimum atomic E-state index is -0.109. The number of carbonyl (C=O) groups excluding carboxylic acids is 1. The molecule has 1 atom stereocenters. The van der Waals surface area contributed by atoms with Crippen LogP contribution in [0.5, 0.6) is 5.75 Å². The van der Waals surface area contributed by atoms with Gasteiger partial charge in [0.05, 0.1) is 7.11 Å². The van der Waals surface area contributed by atoms with Gasteiger partial charge in [0.15, 0.2) is 0 Å². The van der Waals surface area contributed by atoms with E-state index in [9.17, 15) is 4.79 Å². The lowest BCUT2D eigenvalue weighted by Gasteiger charge is -2.14. The van der Waals surface area contributed by atoms with Gasteiger partial charge in [0.1, 0.15) is 5.75 Å². The van der Waals surface area contributed by atoms with Gasteiger partial charge in [0.25, 0.3) is 0 Å². The summed E-state index contributed by atoms with van der Waals surface area (Å²) < 4.78 is 5.34. The Morgan fingerprint density at radius 1 is 1.37 bits per heavy atom. The van der Waals surface area contributed by atoms with Gasteiger partial charge in [-0.2, -0.15) is 0 Å². The van der Waals surface area contributed by atoms with E-state index in [0.29, 0.717) is 18.9 Å². The lowest BCUT2D eigenvalue weighted by molar-refractivity contribution is -0.121. The Labute approximate surface area is 115 Å². The number of hydrogen-bond acceptors (Lipinski definition) is 3. The van der Waals surface area contributed by atoms with Crippen molar-refractivity contribution in [1.82, 2.24) is 5.32 Å². The molecule has 0 heterocycles. The molecule has 1 unspecified atom stereocenters. The third-order valence-corrected chi connectivity index (χ3v) is 2.91. The molecule has 0 aliphatic rings. The zero-order valence-corrected chi connectivity index (χ0v) is 12.2. The van der Waals surface area contributed by atoms with Gasteiger partial charge < -0.3 is 15.8 Å². The van der Waals surface area contributed by atoms with Crippen LogP contribution in [0.15, 0.2) is 18.2 Å². The molecule has 4 heteroatoms. The van der Waals surface area contributed by atoms with E-state index < -0.39 is 0 Å². The minimum absolute atomic E-state index is 0.0167. The zero-order valence-electron chi connectivity index (χ0n) is 12.2. The molecule has 0 aromatic heterocycles. The molecule has 1 amide bonds. The smallest absolute Gasteiger partial charge is 0.221 e. The third-order valence-electron chi connectivity index (χ3n) is 2.91. The summed E-state index contributed by atoms with van der Waals surface area (Å²) in [6.07, 6.45) is 0.354. The topological polar surface area (TPSA) is 64.3 Å². The van der Waals surface area contributed by atoms with Crippen LogP contribution in [0, 0.1) is 0 Å². The highest BCUT2D eigenvalue weighted by Crippen LogP contribution is 2.27. The number of nitrogens with one attached hydrogen (secondary N) is 1. The van der Waals surface area contributed by atoms with E-state index in [2.05, 4.69) is 25.2 Å². The first-order valence-electron chi connectivity index (χ1n) is 6.63. The standard InChI is InChI=1S/C15H24N2O2/c1-10(2)13-8-12(5-6-14(13)19-4)9-17-15(18)7-11(3)16/h5-6,8,10-11H,7,9,16H2,1-4H3,(H,17,18). The second-order valence-corrected chi connectivity index (χ2v) is 5.19. The summed E-state index contributed by atoms with van der Waals surface area (Å²) >= 11 is 0. The van der Waals surface area contributed by atoms with Crippen LogP contribution < -0.4 is 15.8 Å². The summed E-state index contributed by atoms with van der Waals surface area (Å²) in [5.74, 6) is 1.26. The first-order chi connectivity index (χ1) is 8.93. The van der Waals surface area contributed by atoms with Crippen molar-refractivity contribution >= 4 is 5.91 Å². The fourth-order valence-electron chi connectivity index (χ4n) is 1.91. The summed E-state index contributed by atoms with van der Waals surface area (Å²) in [6.45, 7) is 6.59. The van der Waals surface area contributed by atoms with Crippen LogP contribution in [-0.2, 0) is 11.3 Å². The van der Waals surface area contributed by atoms with Crippen LogP contribution in [0.1, 0.15) is 44.2 Å². The van der Waals surface area contributed by atoms with Crippen molar-refractivity contribution < 1.29 is 9.53 Å². The Hall–Kier alpha value is -1.55. The Bertz CT molecular complexity index is 428. The van der Waals surface area contributed by atoms with Crippen molar-refractivity contribution in [3.05, 3.63) is 29.3 Å². The Morgan fingerprint density at radius 3 is 2.58 bits per heavy atom. The molecule has 4 nitrogen and oxygen atoms in total. The molecule has 3 N–H and O–H groups in total. The molecule has 0 aliphatic heterocycles. The number of rotatable bonds is 6. The highest BCUT2D eigenvalue weighted by atomic mass is 16.5. The molecule has 0 spiro atoms. The third kappa shape index (κ3) is 4.91. The van der Waals surface area contributed by atoms with Crippen LogP contribution in [0.25, 0.3) is 0 Å².